The van der Waals surface area contributed by atoms with Crippen LogP contribution in [-0.4, -0.2) is 29.3 Å². The van der Waals surface area contributed by atoms with Crippen LogP contribution in [0.25, 0.3) is 0 Å². The number of halogens is 1. The summed E-state index contributed by atoms with van der Waals surface area (Å²) in [7, 11) is 0. The molecule has 18 heavy (non-hydrogen) atoms. The first-order valence-corrected chi connectivity index (χ1v) is 7.21. The smallest absolute Gasteiger partial charge is 0.104 e. The third-order valence-corrected chi connectivity index (χ3v) is 4.30. The van der Waals surface area contributed by atoms with Crippen LogP contribution in [0.4, 0.5) is 5.69 Å². The lowest BCUT2D eigenvalue weighted by Crippen LogP contribution is -2.42. The van der Waals surface area contributed by atoms with Crippen molar-refractivity contribution in [2.75, 3.05) is 18.0 Å². The predicted molar refractivity (Wildman–Crippen MR) is 82.0 cm³/mol. The van der Waals surface area contributed by atoms with Gasteiger partial charge in [0.25, 0.3) is 0 Å². The first-order valence-electron chi connectivity index (χ1n) is 6.01. The highest BCUT2D eigenvalue weighted by Crippen LogP contribution is 2.30. The Morgan fingerprint density at radius 1 is 1.56 bits per heavy atom. The maximum Gasteiger partial charge on any atom is 0.104 e. The van der Waals surface area contributed by atoms with Gasteiger partial charge in [0.2, 0.25) is 0 Å². The van der Waals surface area contributed by atoms with E-state index in [0.29, 0.717) is 10.9 Å². The van der Waals surface area contributed by atoms with Crippen LogP contribution >= 0.6 is 28.1 Å². The number of piperidine rings is 1. The molecule has 3 N–H and O–H groups in total. The average molecular weight is 329 g/mol. The van der Waals surface area contributed by atoms with E-state index in [1.165, 1.54) is 0 Å². The van der Waals surface area contributed by atoms with E-state index in [1.807, 2.05) is 18.2 Å². The van der Waals surface area contributed by atoms with Crippen LogP contribution in [0.15, 0.2) is 22.7 Å². The lowest BCUT2D eigenvalue weighted by atomic mass is 9.96. The zero-order valence-electron chi connectivity index (χ0n) is 10.3. The third-order valence-electron chi connectivity index (χ3n) is 3.43. The van der Waals surface area contributed by atoms with Crippen LogP contribution in [-0.2, 0) is 0 Å². The molecule has 1 aromatic rings. The average Bonchev–Trinajstić information content (AvgIpc) is 2.32. The molecule has 0 amide bonds. The summed E-state index contributed by atoms with van der Waals surface area (Å²) in [5, 5.41) is 9.76. The fourth-order valence-corrected chi connectivity index (χ4v) is 3.03. The van der Waals surface area contributed by atoms with Gasteiger partial charge in [0.05, 0.1) is 11.8 Å². The lowest BCUT2D eigenvalue weighted by Gasteiger charge is -2.36. The predicted octanol–water partition coefficient (Wildman–Crippen LogP) is 2.29. The van der Waals surface area contributed by atoms with Crippen LogP contribution in [0.1, 0.15) is 18.9 Å². The molecule has 1 fully saturated rings. The normalized spacial score (nSPS) is 24.1. The molecule has 2 unspecified atom stereocenters. The molecular formula is C13H17BrN2OS. The van der Waals surface area contributed by atoms with Crippen molar-refractivity contribution in [3.8, 4) is 0 Å². The van der Waals surface area contributed by atoms with Crippen molar-refractivity contribution >= 4 is 38.8 Å². The molecule has 1 aliphatic rings. The first-order chi connectivity index (χ1) is 8.49. The Kier molecular flexibility index (Phi) is 4.25. The maximum atomic E-state index is 9.76. The summed E-state index contributed by atoms with van der Waals surface area (Å²) in [5.41, 5.74) is 7.61. The first kappa shape index (κ1) is 13.8. The molecule has 2 rings (SSSR count). The molecule has 0 radical (unpaired) electrons. The Hall–Kier alpha value is -0.650. The van der Waals surface area contributed by atoms with Gasteiger partial charge in [0.15, 0.2) is 0 Å². The number of hydrogen-bond acceptors (Lipinski definition) is 3. The summed E-state index contributed by atoms with van der Waals surface area (Å²) < 4.78 is 0.997. The van der Waals surface area contributed by atoms with E-state index < -0.39 is 0 Å². The van der Waals surface area contributed by atoms with Gasteiger partial charge in [-0.2, -0.15) is 0 Å². The largest absolute Gasteiger partial charge is 0.393 e. The number of nitrogens with two attached hydrogens (primary N) is 1. The number of aliphatic hydroxyl groups excluding tert-OH is 1. The standard InChI is InChI=1S/C13H17BrN2OS/c1-8-7-16(5-4-12(8)17)11-3-2-9(13(15)18)6-10(11)14/h2-3,6,8,12,17H,4-5,7H2,1H3,(H2,15,18). The zero-order chi connectivity index (χ0) is 13.3. The molecule has 0 aliphatic carbocycles. The van der Waals surface area contributed by atoms with Gasteiger partial charge in [-0.15, -0.1) is 0 Å². The molecule has 0 aromatic heterocycles. The summed E-state index contributed by atoms with van der Waals surface area (Å²) in [5.74, 6) is 0.293. The number of thiocarbonyl (C=S) groups is 1. The molecule has 0 spiro atoms. The van der Waals surface area contributed by atoms with E-state index in [2.05, 4.69) is 27.8 Å². The molecule has 0 bridgehead atoms. The minimum atomic E-state index is -0.184. The van der Waals surface area contributed by atoms with Gasteiger partial charge in [-0.3, -0.25) is 0 Å². The highest BCUT2D eigenvalue weighted by molar-refractivity contribution is 9.10. The van der Waals surface area contributed by atoms with Crippen molar-refractivity contribution in [3.63, 3.8) is 0 Å². The van der Waals surface area contributed by atoms with Crippen LogP contribution in [0.3, 0.4) is 0 Å². The number of nitrogens with zero attached hydrogens (tertiary/aromatic N) is 1. The quantitative estimate of drug-likeness (QED) is 0.818. The van der Waals surface area contributed by atoms with E-state index in [9.17, 15) is 5.11 Å². The molecule has 1 saturated heterocycles. The fraction of sp³-hybridized carbons (Fsp3) is 0.462. The van der Waals surface area contributed by atoms with Crippen molar-refractivity contribution in [1.82, 2.24) is 0 Å². The maximum absolute atomic E-state index is 9.76. The molecule has 98 valence electrons. The summed E-state index contributed by atoms with van der Waals surface area (Å²) >= 11 is 8.53. The molecule has 3 nitrogen and oxygen atoms in total. The Labute approximate surface area is 121 Å². The highest BCUT2D eigenvalue weighted by Gasteiger charge is 2.25. The van der Waals surface area contributed by atoms with Gasteiger partial charge in [-0.05, 0) is 46.5 Å². The third kappa shape index (κ3) is 2.84. The van der Waals surface area contributed by atoms with E-state index in [-0.39, 0.29) is 6.10 Å². The van der Waals surface area contributed by atoms with Gasteiger partial charge < -0.3 is 15.7 Å². The van der Waals surface area contributed by atoms with Crippen LogP contribution in [0, 0.1) is 5.92 Å². The summed E-state index contributed by atoms with van der Waals surface area (Å²) in [4.78, 5) is 2.69. The fourth-order valence-electron chi connectivity index (χ4n) is 2.27. The molecule has 0 saturated carbocycles. The zero-order valence-corrected chi connectivity index (χ0v) is 12.7. The molecule has 1 heterocycles. The van der Waals surface area contributed by atoms with E-state index in [1.54, 1.807) is 0 Å². The number of anilines is 1. The van der Waals surface area contributed by atoms with Gasteiger partial charge >= 0.3 is 0 Å². The number of aliphatic hydroxyl groups is 1. The van der Waals surface area contributed by atoms with Gasteiger partial charge in [0.1, 0.15) is 4.99 Å². The number of hydrogen-bond donors (Lipinski definition) is 2. The molecule has 1 aliphatic heterocycles. The van der Waals surface area contributed by atoms with E-state index in [4.69, 9.17) is 18.0 Å². The van der Waals surface area contributed by atoms with E-state index >= 15 is 0 Å². The van der Waals surface area contributed by atoms with Gasteiger partial charge in [0, 0.05) is 23.1 Å². The summed E-state index contributed by atoms with van der Waals surface area (Å²) in [6, 6.07) is 5.93. The summed E-state index contributed by atoms with van der Waals surface area (Å²) in [6.07, 6.45) is 0.626. The summed E-state index contributed by atoms with van der Waals surface area (Å²) in [6.45, 7) is 3.82. The van der Waals surface area contributed by atoms with Crippen molar-refractivity contribution < 1.29 is 5.11 Å². The lowest BCUT2D eigenvalue weighted by molar-refractivity contribution is 0.0970. The second-order valence-electron chi connectivity index (χ2n) is 4.81. The van der Waals surface area contributed by atoms with Crippen molar-refractivity contribution in [3.05, 3.63) is 28.2 Å². The Morgan fingerprint density at radius 2 is 2.28 bits per heavy atom. The second-order valence-corrected chi connectivity index (χ2v) is 6.10. The Bertz CT molecular complexity index is 466. The van der Waals surface area contributed by atoms with Crippen LogP contribution in [0.2, 0.25) is 0 Å². The molecular weight excluding hydrogens is 312 g/mol. The Morgan fingerprint density at radius 3 is 2.83 bits per heavy atom. The minimum Gasteiger partial charge on any atom is -0.393 e. The Balaban J connectivity index is 2.21. The molecule has 5 heteroatoms. The SMILES string of the molecule is CC1CN(c2ccc(C(N)=S)cc2Br)CCC1O. The molecule has 2 atom stereocenters. The second kappa shape index (κ2) is 5.55. The topological polar surface area (TPSA) is 49.5 Å². The van der Waals surface area contributed by atoms with E-state index in [0.717, 1.165) is 35.2 Å². The highest BCUT2D eigenvalue weighted by atomic mass is 79.9. The van der Waals surface area contributed by atoms with Crippen molar-refractivity contribution in [2.45, 2.75) is 19.4 Å². The van der Waals surface area contributed by atoms with Gasteiger partial charge in [-0.25, -0.2) is 0 Å². The van der Waals surface area contributed by atoms with Crippen LogP contribution in [0.5, 0.6) is 0 Å². The molecule has 1 aromatic carbocycles. The minimum absolute atomic E-state index is 0.184. The van der Waals surface area contributed by atoms with Crippen molar-refractivity contribution in [2.24, 2.45) is 11.7 Å². The number of benzene rings is 1. The van der Waals surface area contributed by atoms with Crippen LogP contribution < -0.4 is 10.6 Å². The monoisotopic (exact) mass is 328 g/mol. The van der Waals surface area contributed by atoms with Crippen molar-refractivity contribution in [1.29, 1.82) is 0 Å². The van der Waals surface area contributed by atoms with Gasteiger partial charge in [-0.1, -0.05) is 19.1 Å². The number of rotatable bonds is 2.